The Bertz CT molecular complexity index is 415. The number of carboxylic acids is 1. The largest absolute Gasteiger partial charge is 0.478 e. The van der Waals surface area contributed by atoms with Crippen molar-refractivity contribution < 1.29 is 9.90 Å². The Morgan fingerprint density at radius 1 is 1.56 bits per heavy atom. The van der Waals surface area contributed by atoms with Crippen LogP contribution in [0.5, 0.6) is 0 Å². The summed E-state index contributed by atoms with van der Waals surface area (Å²) in [4.78, 5) is 10.6. The summed E-state index contributed by atoms with van der Waals surface area (Å²) in [6.45, 7) is 5.78. The second-order valence-corrected chi connectivity index (χ2v) is 4.33. The van der Waals surface area contributed by atoms with Crippen molar-refractivity contribution in [2.45, 2.75) is 13.3 Å². The van der Waals surface area contributed by atoms with E-state index >= 15 is 0 Å². The lowest BCUT2D eigenvalue weighted by atomic mass is 10.1. The van der Waals surface area contributed by atoms with Gasteiger partial charge in [-0.3, -0.25) is 0 Å². The molecule has 3 nitrogen and oxygen atoms in total. The molecule has 0 heterocycles. The molecule has 1 aromatic carbocycles. The quantitative estimate of drug-likeness (QED) is 0.817. The van der Waals surface area contributed by atoms with Gasteiger partial charge in [0.1, 0.15) is 0 Å². The highest BCUT2D eigenvalue weighted by molar-refractivity contribution is 9.10. The van der Waals surface area contributed by atoms with E-state index in [-0.39, 0.29) is 12.1 Å². The molecule has 0 aliphatic heterocycles. The second kappa shape index (κ2) is 5.70. The lowest BCUT2D eigenvalue weighted by molar-refractivity contribution is -0.132. The lowest BCUT2D eigenvalue weighted by Gasteiger charge is -2.11. The van der Waals surface area contributed by atoms with Crippen molar-refractivity contribution in [1.82, 2.24) is 0 Å². The van der Waals surface area contributed by atoms with E-state index < -0.39 is 5.97 Å². The SMILES string of the molecule is C=C(CNc1ccc(Br)cc1CC)C(=O)O. The Hall–Kier alpha value is -1.29. The molecule has 2 N–H and O–H groups in total. The fraction of sp³-hybridized carbons (Fsp3) is 0.250. The highest BCUT2D eigenvalue weighted by Crippen LogP contribution is 2.21. The van der Waals surface area contributed by atoms with Gasteiger partial charge < -0.3 is 10.4 Å². The molecule has 1 rings (SSSR count). The molecule has 0 aliphatic carbocycles. The Morgan fingerprint density at radius 2 is 2.25 bits per heavy atom. The number of halogens is 1. The van der Waals surface area contributed by atoms with Crippen molar-refractivity contribution in [2.75, 3.05) is 11.9 Å². The summed E-state index contributed by atoms with van der Waals surface area (Å²) in [7, 11) is 0. The summed E-state index contributed by atoms with van der Waals surface area (Å²) >= 11 is 3.40. The molecule has 86 valence electrons. The summed E-state index contributed by atoms with van der Waals surface area (Å²) in [5, 5.41) is 11.8. The van der Waals surface area contributed by atoms with Crippen LogP contribution in [-0.4, -0.2) is 17.6 Å². The molecule has 0 unspecified atom stereocenters. The van der Waals surface area contributed by atoms with Crippen molar-refractivity contribution in [3.63, 3.8) is 0 Å². The number of aryl methyl sites for hydroxylation is 1. The number of rotatable bonds is 5. The molecule has 0 bridgehead atoms. The summed E-state index contributed by atoms with van der Waals surface area (Å²) < 4.78 is 1.02. The Kier molecular flexibility index (Phi) is 4.55. The molecule has 0 radical (unpaired) electrons. The third-order valence-corrected chi connectivity index (χ3v) is 2.74. The summed E-state index contributed by atoms with van der Waals surface area (Å²) in [5.41, 5.74) is 2.26. The first-order valence-corrected chi connectivity index (χ1v) is 5.77. The van der Waals surface area contributed by atoms with Crippen molar-refractivity contribution in [1.29, 1.82) is 0 Å². The standard InChI is InChI=1S/C12H14BrNO2/c1-3-9-6-10(13)4-5-11(9)14-7-8(2)12(15)16/h4-6,14H,2-3,7H2,1H3,(H,15,16). The van der Waals surface area contributed by atoms with Gasteiger partial charge in [-0.2, -0.15) is 0 Å². The first-order chi connectivity index (χ1) is 7.54. The highest BCUT2D eigenvalue weighted by atomic mass is 79.9. The topological polar surface area (TPSA) is 49.3 Å². The summed E-state index contributed by atoms with van der Waals surface area (Å²) in [5.74, 6) is -0.970. The van der Waals surface area contributed by atoms with Crippen LogP contribution < -0.4 is 5.32 Å². The van der Waals surface area contributed by atoms with Crippen molar-refractivity contribution in [3.05, 3.63) is 40.4 Å². The predicted molar refractivity (Wildman–Crippen MR) is 68.8 cm³/mol. The van der Waals surface area contributed by atoms with Gasteiger partial charge in [0, 0.05) is 22.3 Å². The van der Waals surface area contributed by atoms with Gasteiger partial charge in [0.2, 0.25) is 0 Å². The van der Waals surface area contributed by atoms with E-state index in [4.69, 9.17) is 5.11 Å². The lowest BCUT2D eigenvalue weighted by Crippen LogP contribution is -2.12. The zero-order chi connectivity index (χ0) is 12.1. The van der Waals surface area contributed by atoms with E-state index in [9.17, 15) is 4.79 Å². The fourth-order valence-corrected chi connectivity index (χ4v) is 1.71. The van der Waals surface area contributed by atoms with E-state index in [1.807, 2.05) is 18.2 Å². The van der Waals surface area contributed by atoms with Gasteiger partial charge in [-0.1, -0.05) is 29.4 Å². The van der Waals surface area contributed by atoms with Crippen LogP contribution in [0.2, 0.25) is 0 Å². The number of nitrogens with one attached hydrogen (secondary N) is 1. The van der Waals surface area contributed by atoms with Gasteiger partial charge in [0.25, 0.3) is 0 Å². The van der Waals surface area contributed by atoms with Crippen LogP contribution in [0.4, 0.5) is 5.69 Å². The Morgan fingerprint density at radius 3 is 2.81 bits per heavy atom. The zero-order valence-electron chi connectivity index (χ0n) is 9.09. The van der Waals surface area contributed by atoms with Crippen molar-refractivity contribution in [3.8, 4) is 0 Å². The number of aliphatic carboxylic acids is 1. The van der Waals surface area contributed by atoms with Crippen LogP contribution in [0, 0.1) is 0 Å². The molecule has 16 heavy (non-hydrogen) atoms. The molecule has 0 saturated carbocycles. The average molecular weight is 284 g/mol. The molecule has 0 aliphatic rings. The molecular formula is C12H14BrNO2. The van der Waals surface area contributed by atoms with Gasteiger partial charge >= 0.3 is 5.97 Å². The smallest absolute Gasteiger partial charge is 0.332 e. The van der Waals surface area contributed by atoms with Gasteiger partial charge in [-0.15, -0.1) is 0 Å². The minimum absolute atomic E-state index is 0.157. The van der Waals surface area contributed by atoms with Crippen molar-refractivity contribution >= 4 is 27.6 Å². The van der Waals surface area contributed by atoms with E-state index in [2.05, 4.69) is 34.7 Å². The molecule has 0 spiro atoms. The van der Waals surface area contributed by atoms with E-state index in [1.165, 1.54) is 0 Å². The van der Waals surface area contributed by atoms with Crippen LogP contribution in [0.3, 0.4) is 0 Å². The molecule has 0 aromatic heterocycles. The first-order valence-electron chi connectivity index (χ1n) is 4.98. The Labute approximate surface area is 103 Å². The van der Waals surface area contributed by atoms with Gasteiger partial charge in [0.05, 0.1) is 0 Å². The van der Waals surface area contributed by atoms with Gasteiger partial charge in [-0.05, 0) is 30.2 Å². The average Bonchev–Trinajstić information content (AvgIpc) is 2.26. The zero-order valence-corrected chi connectivity index (χ0v) is 10.7. The number of benzene rings is 1. The fourth-order valence-electron chi connectivity index (χ4n) is 1.30. The van der Waals surface area contributed by atoms with E-state index in [1.54, 1.807) is 0 Å². The van der Waals surface area contributed by atoms with Gasteiger partial charge in [0.15, 0.2) is 0 Å². The van der Waals surface area contributed by atoms with Crippen LogP contribution in [0.1, 0.15) is 12.5 Å². The molecule has 0 saturated heterocycles. The Balaban J connectivity index is 2.74. The third-order valence-electron chi connectivity index (χ3n) is 2.24. The van der Waals surface area contributed by atoms with Crippen molar-refractivity contribution in [2.24, 2.45) is 0 Å². The van der Waals surface area contributed by atoms with E-state index in [0.29, 0.717) is 0 Å². The summed E-state index contributed by atoms with van der Waals surface area (Å²) in [6, 6.07) is 5.87. The van der Waals surface area contributed by atoms with Crippen LogP contribution in [0.25, 0.3) is 0 Å². The molecule has 0 amide bonds. The highest BCUT2D eigenvalue weighted by Gasteiger charge is 2.05. The first kappa shape index (κ1) is 12.8. The minimum atomic E-state index is -0.970. The summed E-state index contributed by atoms with van der Waals surface area (Å²) in [6.07, 6.45) is 0.890. The van der Waals surface area contributed by atoms with Crippen LogP contribution >= 0.6 is 15.9 Å². The molecule has 1 aromatic rings. The number of anilines is 1. The molecule has 0 fully saturated rings. The van der Waals surface area contributed by atoms with Crippen LogP contribution in [-0.2, 0) is 11.2 Å². The number of hydrogen-bond donors (Lipinski definition) is 2. The maximum Gasteiger partial charge on any atom is 0.332 e. The second-order valence-electron chi connectivity index (χ2n) is 3.42. The number of carboxylic acid groups (broad SMARTS) is 1. The molecule has 4 heteroatoms. The monoisotopic (exact) mass is 283 g/mol. The van der Waals surface area contributed by atoms with E-state index in [0.717, 1.165) is 22.1 Å². The van der Waals surface area contributed by atoms with Crippen LogP contribution in [0.15, 0.2) is 34.8 Å². The number of hydrogen-bond acceptors (Lipinski definition) is 2. The maximum atomic E-state index is 10.6. The predicted octanol–water partition coefficient (Wildman–Crippen LogP) is 3.06. The third kappa shape index (κ3) is 3.38. The minimum Gasteiger partial charge on any atom is -0.478 e. The normalized spacial score (nSPS) is 9.88. The molecule has 0 atom stereocenters. The molecular weight excluding hydrogens is 270 g/mol. The van der Waals surface area contributed by atoms with Gasteiger partial charge in [-0.25, -0.2) is 4.79 Å². The maximum absolute atomic E-state index is 10.6. The number of carbonyl (C=O) groups is 1.